The van der Waals surface area contributed by atoms with Crippen LogP contribution < -0.4 is 4.90 Å². The lowest BCUT2D eigenvalue weighted by Gasteiger charge is -2.29. The van der Waals surface area contributed by atoms with E-state index >= 15 is 0 Å². The van der Waals surface area contributed by atoms with Crippen LogP contribution in [0.5, 0.6) is 0 Å². The highest BCUT2D eigenvalue weighted by Crippen LogP contribution is 2.25. The second kappa shape index (κ2) is 6.76. The van der Waals surface area contributed by atoms with Crippen LogP contribution in [0, 0.1) is 5.82 Å². The summed E-state index contributed by atoms with van der Waals surface area (Å²) in [6.45, 7) is 4.82. The van der Waals surface area contributed by atoms with Crippen LogP contribution in [0.1, 0.15) is 25.0 Å². The molecule has 2 aromatic carbocycles. The monoisotopic (exact) mass is 291 g/mol. The summed E-state index contributed by atoms with van der Waals surface area (Å²) in [7, 11) is 0. The number of alkyl halides is 1. The van der Waals surface area contributed by atoms with Crippen LogP contribution >= 0.6 is 11.6 Å². The van der Waals surface area contributed by atoms with Gasteiger partial charge in [-0.15, -0.1) is 11.6 Å². The normalized spacial score (nSPS) is 10.8. The maximum atomic E-state index is 14.2. The summed E-state index contributed by atoms with van der Waals surface area (Å²) in [5.41, 5.74) is 2.59. The van der Waals surface area contributed by atoms with Gasteiger partial charge < -0.3 is 4.90 Å². The lowest BCUT2D eigenvalue weighted by atomic mass is 10.1. The fraction of sp³-hybridized carbons (Fsp3) is 0.294. The van der Waals surface area contributed by atoms with Gasteiger partial charge in [-0.2, -0.15) is 0 Å². The molecule has 0 fully saturated rings. The van der Waals surface area contributed by atoms with Crippen molar-refractivity contribution in [3.05, 3.63) is 65.5 Å². The fourth-order valence-electron chi connectivity index (χ4n) is 2.19. The standard InChI is InChI=1S/C17H19ClFN/c1-13(2)20(12-14-6-4-3-5-7-14)17-9-8-15(11-18)10-16(17)19/h3-10,13H,11-12H2,1-2H3. The lowest BCUT2D eigenvalue weighted by molar-refractivity contribution is 0.597. The van der Waals surface area contributed by atoms with Gasteiger partial charge in [0.05, 0.1) is 5.69 Å². The van der Waals surface area contributed by atoms with Crippen molar-refractivity contribution in [3.8, 4) is 0 Å². The van der Waals surface area contributed by atoms with Gasteiger partial charge in [-0.3, -0.25) is 0 Å². The molecule has 0 amide bonds. The van der Waals surface area contributed by atoms with E-state index in [1.54, 1.807) is 0 Å². The van der Waals surface area contributed by atoms with Crippen molar-refractivity contribution >= 4 is 17.3 Å². The molecule has 0 aliphatic rings. The number of anilines is 1. The van der Waals surface area contributed by atoms with E-state index in [0.29, 0.717) is 18.1 Å². The maximum absolute atomic E-state index is 14.2. The fourth-order valence-corrected chi connectivity index (χ4v) is 2.36. The molecule has 0 atom stereocenters. The third kappa shape index (κ3) is 3.51. The van der Waals surface area contributed by atoms with Gasteiger partial charge in [0.25, 0.3) is 0 Å². The van der Waals surface area contributed by atoms with Crippen molar-refractivity contribution in [2.45, 2.75) is 32.3 Å². The molecule has 0 unspecified atom stereocenters. The number of nitrogens with zero attached hydrogens (tertiary/aromatic N) is 1. The topological polar surface area (TPSA) is 3.24 Å². The predicted molar refractivity (Wildman–Crippen MR) is 83.7 cm³/mol. The van der Waals surface area contributed by atoms with Gasteiger partial charge in [-0.1, -0.05) is 36.4 Å². The van der Waals surface area contributed by atoms with Crippen LogP contribution in [-0.2, 0) is 12.4 Å². The Morgan fingerprint density at radius 1 is 1.05 bits per heavy atom. The molecule has 0 aliphatic heterocycles. The quantitative estimate of drug-likeness (QED) is 0.702. The van der Waals surface area contributed by atoms with Gasteiger partial charge in [0.1, 0.15) is 5.82 Å². The van der Waals surface area contributed by atoms with Crippen molar-refractivity contribution < 1.29 is 4.39 Å². The van der Waals surface area contributed by atoms with E-state index in [1.807, 2.05) is 30.3 Å². The Labute approximate surface area is 125 Å². The van der Waals surface area contributed by atoms with E-state index in [-0.39, 0.29) is 11.9 Å². The largest absolute Gasteiger partial charge is 0.362 e. The van der Waals surface area contributed by atoms with Gasteiger partial charge in [-0.25, -0.2) is 4.39 Å². The van der Waals surface area contributed by atoms with Crippen LogP contribution in [0.2, 0.25) is 0 Å². The minimum Gasteiger partial charge on any atom is -0.362 e. The minimum atomic E-state index is -0.215. The molecule has 1 nitrogen and oxygen atoms in total. The Kier molecular flexibility index (Phi) is 5.02. The Hall–Kier alpha value is -1.54. The highest BCUT2D eigenvalue weighted by atomic mass is 35.5. The van der Waals surface area contributed by atoms with Gasteiger partial charge >= 0.3 is 0 Å². The summed E-state index contributed by atoms with van der Waals surface area (Å²) >= 11 is 5.74. The lowest BCUT2D eigenvalue weighted by Crippen LogP contribution is -2.30. The minimum absolute atomic E-state index is 0.214. The molecule has 0 bridgehead atoms. The predicted octanol–water partition coefficient (Wildman–Crippen LogP) is 4.98. The molecule has 0 saturated carbocycles. The summed E-state index contributed by atoms with van der Waals surface area (Å²) in [6, 6.07) is 15.5. The van der Waals surface area contributed by atoms with Gasteiger partial charge in [0.15, 0.2) is 0 Å². The smallest absolute Gasteiger partial charge is 0.146 e. The van der Waals surface area contributed by atoms with E-state index in [0.717, 1.165) is 5.56 Å². The second-order valence-electron chi connectivity index (χ2n) is 5.13. The summed E-state index contributed by atoms with van der Waals surface area (Å²) in [6.07, 6.45) is 0. The van der Waals surface area contributed by atoms with Crippen molar-refractivity contribution in [3.63, 3.8) is 0 Å². The van der Waals surface area contributed by atoms with Crippen LogP contribution in [0.25, 0.3) is 0 Å². The van der Waals surface area contributed by atoms with E-state index < -0.39 is 0 Å². The van der Waals surface area contributed by atoms with Crippen molar-refractivity contribution in [1.82, 2.24) is 0 Å². The molecule has 0 spiro atoms. The first-order valence-corrected chi connectivity index (χ1v) is 7.30. The van der Waals surface area contributed by atoms with E-state index in [1.165, 1.54) is 11.6 Å². The third-order valence-electron chi connectivity index (χ3n) is 3.29. The maximum Gasteiger partial charge on any atom is 0.146 e. The average Bonchev–Trinajstić information content (AvgIpc) is 2.46. The molecule has 2 rings (SSSR count). The molecule has 0 aliphatic carbocycles. The number of benzene rings is 2. The molecule has 20 heavy (non-hydrogen) atoms. The van der Waals surface area contributed by atoms with E-state index in [2.05, 4.69) is 30.9 Å². The molecular weight excluding hydrogens is 273 g/mol. The second-order valence-corrected chi connectivity index (χ2v) is 5.39. The summed E-state index contributed by atoms with van der Waals surface area (Å²) in [5.74, 6) is 0.116. The third-order valence-corrected chi connectivity index (χ3v) is 3.60. The Morgan fingerprint density at radius 2 is 1.75 bits per heavy atom. The molecule has 106 valence electrons. The Bertz CT molecular complexity index is 554. The summed E-state index contributed by atoms with van der Waals surface area (Å²) in [4.78, 5) is 2.06. The first-order chi connectivity index (χ1) is 9.61. The SMILES string of the molecule is CC(C)N(Cc1ccccc1)c1ccc(CCl)cc1F. The number of halogens is 2. The van der Waals surface area contributed by atoms with Gasteiger partial charge in [0, 0.05) is 18.5 Å². The van der Waals surface area contributed by atoms with Crippen molar-refractivity contribution in [2.24, 2.45) is 0 Å². The number of rotatable bonds is 5. The van der Waals surface area contributed by atoms with E-state index in [9.17, 15) is 4.39 Å². The van der Waals surface area contributed by atoms with Crippen LogP contribution in [-0.4, -0.2) is 6.04 Å². The van der Waals surface area contributed by atoms with Crippen LogP contribution in [0.4, 0.5) is 10.1 Å². The van der Waals surface area contributed by atoms with Crippen molar-refractivity contribution in [1.29, 1.82) is 0 Å². The number of hydrogen-bond acceptors (Lipinski definition) is 1. The van der Waals surface area contributed by atoms with E-state index in [4.69, 9.17) is 11.6 Å². The zero-order valence-corrected chi connectivity index (χ0v) is 12.6. The molecule has 0 saturated heterocycles. The summed E-state index contributed by atoms with van der Waals surface area (Å²) < 4.78 is 14.2. The Morgan fingerprint density at radius 3 is 2.30 bits per heavy atom. The van der Waals surface area contributed by atoms with Gasteiger partial charge in [0.2, 0.25) is 0 Å². The molecule has 0 aromatic heterocycles. The number of hydrogen-bond donors (Lipinski definition) is 0. The zero-order chi connectivity index (χ0) is 14.5. The highest BCUT2D eigenvalue weighted by molar-refractivity contribution is 6.17. The summed E-state index contributed by atoms with van der Waals surface area (Å²) in [5, 5.41) is 0. The average molecular weight is 292 g/mol. The molecule has 3 heteroatoms. The van der Waals surface area contributed by atoms with Crippen LogP contribution in [0.3, 0.4) is 0 Å². The first kappa shape index (κ1) is 14.9. The molecule has 2 aromatic rings. The van der Waals surface area contributed by atoms with Gasteiger partial charge in [-0.05, 0) is 37.1 Å². The first-order valence-electron chi connectivity index (χ1n) is 6.76. The van der Waals surface area contributed by atoms with Crippen LogP contribution in [0.15, 0.2) is 48.5 Å². The molecule has 0 heterocycles. The molecule has 0 N–H and O–H groups in total. The highest BCUT2D eigenvalue weighted by Gasteiger charge is 2.15. The van der Waals surface area contributed by atoms with Crippen molar-refractivity contribution in [2.75, 3.05) is 4.90 Å². The molecule has 0 radical (unpaired) electrons. The Balaban J connectivity index is 2.29. The zero-order valence-electron chi connectivity index (χ0n) is 11.8. The molecular formula is C17H19ClFN.